The summed E-state index contributed by atoms with van der Waals surface area (Å²) in [6.45, 7) is -0.563. The summed E-state index contributed by atoms with van der Waals surface area (Å²) >= 11 is 0. The number of aryl methyl sites for hydroxylation is 2. The summed E-state index contributed by atoms with van der Waals surface area (Å²) in [5.41, 5.74) is 0.409. The molecule has 1 aromatic heterocycles. The maximum absolute atomic E-state index is 14.5. The number of nitrogens with zero attached hydrogens (tertiary/aromatic N) is 2. The van der Waals surface area contributed by atoms with Crippen molar-refractivity contribution in [2.75, 3.05) is 0 Å². The molecule has 0 bridgehead atoms. The molecule has 194 valence electrons. The summed E-state index contributed by atoms with van der Waals surface area (Å²) < 4.78 is 98.4. The number of rotatable bonds is 6. The topological polar surface area (TPSA) is 17.8 Å². The van der Waals surface area contributed by atoms with Gasteiger partial charge in [0, 0.05) is 28.6 Å². The van der Waals surface area contributed by atoms with E-state index < -0.39 is 41.3 Å². The van der Waals surface area contributed by atoms with Gasteiger partial charge in [0.1, 0.15) is 28.8 Å². The molecule has 0 N–H and O–H groups in total. The highest BCUT2D eigenvalue weighted by atomic mass is 19.4. The Bertz CT molecular complexity index is 1610. The Morgan fingerprint density at radius 3 is 1.97 bits per heavy atom. The lowest BCUT2D eigenvalue weighted by Gasteiger charge is -2.12. The molecule has 0 atom stereocenters. The molecule has 5 rings (SSSR count). The van der Waals surface area contributed by atoms with Crippen LogP contribution in [0, 0.1) is 23.3 Å². The third-order valence-corrected chi connectivity index (χ3v) is 6.28. The van der Waals surface area contributed by atoms with Crippen molar-refractivity contribution < 1.29 is 30.7 Å². The Hall–Kier alpha value is -4.14. The molecule has 9 heteroatoms. The van der Waals surface area contributed by atoms with Crippen LogP contribution in [-0.4, -0.2) is 9.78 Å². The Kier molecular flexibility index (Phi) is 6.69. The summed E-state index contributed by atoms with van der Waals surface area (Å²) in [6.07, 6.45) is -3.68. The van der Waals surface area contributed by atoms with Crippen LogP contribution in [-0.2, 0) is 25.6 Å². The van der Waals surface area contributed by atoms with Gasteiger partial charge in [-0.15, -0.1) is 0 Å². The van der Waals surface area contributed by atoms with Crippen LogP contribution in [0.25, 0.3) is 22.2 Å². The molecule has 38 heavy (non-hydrogen) atoms. The van der Waals surface area contributed by atoms with Crippen molar-refractivity contribution in [3.05, 3.63) is 124 Å². The molecule has 0 saturated heterocycles. The minimum absolute atomic E-state index is 0.144. The van der Waals surface area contributed by atoms with E-state index in [1.54, 1.807) is 30.3 Å². The maximum atomic E-state index is 14.5. The van der Waals surface area contributed by atoms with Gasteiger partial charge in [0.25, 0.3) is 0 Å². The predicted octanol–water partition coefficient (Wildman–Crippen LogP) is 8.11. The molecule has 0 saturated carbocycles. The molecule has 0 aliphatic carbocycles. The monoisotopic (exact) mass is 528 g/mol. The first-order valence-corrected chi connectivity index (χ1v) is 11.6. The van der Waals surface area contributed by atoms with Gasteiger partial charge in [0.2, 0.25) is 0 Å². The smallest absolute Gasteiger partial charge is 0.259 e. The molecule has 1 heterocycles. The van der Waals surface area contributed by atoms with Crippen LogP contribution in [0.15, 0.2) is 78.9 Å². The van der Waals surface area contributed by atoms with Crippen molar-refractivity contribution in [2.24, 2.45) is 0 Å². The van der Waals surface area contributed by atoms with Crippen LogP contribution in [0.5, 0.6) is 0 Å². The molecule has 4 aromatic carbocycles. The minimum Gasteiger partial charge on any atom is -0.259 e. The van der Waals surface area contributed by atoms with E-state index in [9.17, 15) is 30.7 Å². The Labute approximate surface area is 213 Å². The zero-order valence-corrected chi connectivity index (χ0v) is 19.7. The van der Waals surface area contributed by atoms with Gasteiger partial charge in [0.15, 0.2) is 0 Å². The average Bonchev–Trinajstić information content (AvgIpc) is 3.22. The standard InChI is InChI=1S/C29H19F7N2/c30-20-7-2-5-18(13-20)11-10-17-4-1-6-19(12-17)28-22-8-3-9-24(29(34,35)36)27(22)37-38(28)16-23-25(32)14-21(31)15-26(23)33/h1-9,12-15H,10-11,16H2. The minimum atomic E-state index is -4.71. The third kappa shape index (κ3) is 5.14. The lowest BCUT2D eigenvalue weighted by atomic mass is 9.99. The van der Waals surface area contributed by atoms with Crippen LogP contribution < -0.4 is 0 Å². The van der Waals surface area contributed by atoms with Crippen molar-refractivity contribution in [2.45, 2.75) is 25.6 Å². The van der Waals surface area contributed by atoms with Gasteiger partial charge in [-0.1, -0.05) is 42.5 Å². The van der Waals surface area contributed by atoms with Gasteiger partial charge >= 0.3 is 6.18 Å². The van der Waals surface area contributed by atoms with E-state index in [0.717, 1.165) is 21.9 Å². The van der Waals surface area contributed by atoms with E-state index in [4.69, 9.17) is 0 Å². The first-order chi connectivity index (χ1) is 18.1. The lowest BCUT2D eigenvalue weighted by Crippen LogP contribution is -2.09. The van der Waals surface area contributed by atoms with Gasteiger partial charge in [-0.2, -0.15) is 18.3 Å². The first-order valence-electron chi connectivity index (χ1n) is 11.6. The zero-order valence-electron chi connectivity index (χ0n) is 19.7. The highest BCUT2D eigenvalue weighted by Crippen LogP contribution is 2.38. The fraction of sp³-hybridized carbons (Fsp3) is 0.138. The summed E-state index contributed by atoms with van der Waals surface area (Å²) in [6, 6.07) is 17.7. The Morgan fingerprint density at radius 1 is 0.684 bits per heavy atom. The number of hydrogen-bond acceptors (Lipinski definition) is 1. The van der Waals surface area contributed by atoms with Gasteiger partial charge in [0.05, 0.1) is 17.8 Å². The molecular weight excluding hydrogens is 509 g/mol. The van der Waals surface area contributed by atoms with Gasteiger partial charge in [-0.05, 0) is 48.2 Å². The van der Waals surface area contributed by atoms with Crippen molar-refractivity contribution in [3.8, 4) is 11.3 Å². The molecule has 0 radical (unpaired) electrons. The fourth-order valence-electron chi connectivity index (χ4n) is 4.53. The highest BCUT2D eigenvalue weighted by Gasteiger charge is 2.34. The fourth-order valence-corrected chi connectivity index (χ4v) is 4.53. The largest absolute Gasteiger partial charge is 0.418 e. The summed E-state index contributed by atoms with van der Waals surface area (Å²) in [5.74, 6) is -3.81. The number of benzene rings is 4. The van der Waals surface area contributed by atoms with Crippen LogP contribution >= 0.6 is 0 Å². The lowest BCUT2D eigenvalue weighted by molar-refractivity contribution is -0.136. The molecule has 2 nitrogen and oxygen atoms in total. The van der Waals surface area contributed by atoms with Gasteiger partial charge in [-0.25, -0.2) is 17.6 Å². The second-order valence-corrected chi connectivity index (χ2v) is 8.88. The van der Waals surface area contributed by atoms with E-state index in [0.29, 0.717) is 30.5 Å². The van der Waals surface area contributed by atoms with Gasteiger partial charge in [-0.3, -0.25) is 4.68 Å². The van der Waals surface area contributed by atoms with E-state index in [2.05, 4.69) is 5.10 Å². The number of fused-ring (bicyclic) bond motifs is 1. The third-order valence-electron chi connectivity index (χ3n) is 6.28. The quantitative estimate of drug-likeness (QED) is 0.204. The molecule has 0 fully saturated rings. The van der Waals surface area contributed by atoms with E-state index >= 15 is 0 Å². The molecule has 0 amide bonds. The SMILES string of the molecule is Fc1cccc(CCc2cccc(-c3c4cccc(C(F)(F)F)c4nn3Cc3c(F)cc(F)cc3F)c2)c1. The number of aromatic nitrogens is 2. The Balaban J connectivity index is 1.62. The summed E-state index contributed by atoms with van der Waals surface area (Å²) in [4.78, 5) is 0. The van der Waals surface area contributed by atoms with Crippen LogP contribution in [0.3, 0.4) is 0 Å². The summed E-state index contributed by atoms with van der Waals surface area (Å²) in [5, 5.41) is 4.26. The first kappa shape index (κ1) is 25.5. The molecule has 0 spiro atoms. The number of alkyl halides is 3. The van der Waals surface area contributed by atoms with Crippen molar-refractivity contribution >= 4 is 10.9 Å². The average molecular weight is 528 g/mol. The van der Waals surface area contributed by atoms with Gasteiger partial charge < -0.3 is 0 Å². The molecule has 0 aliphatic rings. The normalized spacial score (nSPS) is 11.9. The highest BCUT2D eigenvalue weighted by molar-refractivity contribution is 5.95. The van der Waals surface area contributed by atoms with E-state index in [-0.39, 0.29) is 22.4 Å². The van der Waals surface area contributed by atoms with E-state index in [1.165, 1.54) is 24.3 Å². The Morgan fingerprint density at radius 2 is 1.32 bits per heavy atom. The van der Waals surface area contributed by atoms with Crippen LogP contribution in [0.4, 0.5) is 30.7 Å². The second-order valence-electron chi connectivity index (χ2n) is 8.88. The molecule has 0 aliphatic heterocycles. The van der Waals surface area contributed by atoms with Crippen LogP contribution in [0.2, 0.25) is 0 Å². The maximum Gasteiger partial charge on any atom is 0.418 e. The van der Waals surface area contributed by atoms with E-state index in [1.807, 2.05) is 6.07 Å². The summed E-state index contributed by atoms with van der Waals surface area (Å²) in [7, 11) is 0. The van der Waals surface area contributed by atoms with Crippen molar-refractivity contribution in [1.82, 2.24) is 9.78 Å². The number of halogens is 7. The predicted molar refractivity (Wildman–Crippen MR) is 129 cm³/mol. The molecular formula is C29H19F7N2. The van der Waals surface area contributed by atoms with Crippen LogP contribution in [0.1, 0.15) is 22.3 Å². The zero-order chi connectivity index (χ0) is 27.0. The molecule has 0 unspecified atom stereocenters. The number of hydrogen-bond donors (Lipinski definition) is 0. The van der Waals surface area contributed by atoms with Crippen molar-refractivity contribution in [1.29, 1.82) is 0 Å². The van der Waals surface area contributed by atoms with Crippen molar-refractivity contribution in [3.63, 3.8) is 0 Å². The second kappa shape index (κ2) is 9.96. The molecule has 5 aromatic rings.